The number of ether oxygens (including phenoxy) is 2. The van der Waals surface area contributed by atoms with Gasteiger partial charge in [0.15, 0.2) is 11.5 Å². The second-order valence-electron chi connectivity index (χ2n) is 6.82. The average molecular weight is 427 g/mol. The first-order chi connectivity index (χ1) is 15.1. The van der Waals surface area contributed by atoms with Gasteiger partial charge in [0, 0.05) is 32.0 Å². The van der Waals surface area contributed by atoms with Gasteiger partial charge in [-0.05, 0) is 52.0 Å². The summed E-state index contributed by atoms with van der Waals surface area (Å²) in [5.74, 6) is 2.64. The molecule has 1 aromatic carbocycles. The number of carbonyl (C=O) groups is 1. The second kappa shape index (κ2) is 10.6. The predicted molar refractivity (Wildman–Crippen MR) is 120 cm³/mol. The molecule has 1 N–H and O–H groups in total. The zero-order valence-corrected chi connectivity index (χ0v) is 18.6. The molecule has 0 spiro atoms. The van der Waals surface area contributed by atoms with Gasteiger partial charge < -0.3 is 19.7 Å². The van der Waals surface area contributed by atoms with E-state index in [1.165, 1.54) is 0 Å². The number of benzene rings is 1. The third-order valence-electron chi connectivity index (χ3n) is 4.81. The van der Waals surface area contributed by atoms with Crippen LogP contribution in [0.4, 0.5) is 11.5 Å². The largest absolute Gasteiger partial charge is 0.494 e. The van der Waals surface area contributed by atoms with E-state index in [0.717, 1.165) is 18.9 Å². The molecular formula is C22H30N6O3. The number of nitrogens with one attached hydrogen (secondary N) is 1. The Balaban J connectivity index is 1.71. The molecule has 31 heavy (non-hydrogen) atoms. The lowest BCUT2D eigenvalue weighted by Gasteiger charge is -2.19. The third kappa shape index (κ3) is 5.42. The molecule has 2 aromatic heterocycles. The molecule has 3 aromatic rings. The summed E-state index contributed by atoms with van der Waals surface area (Å²) in [6, 6.07) is 9.23. The summed E-state index contributed by atoms with van der Waals surface area (Å²) in [4.78, 5) is 14.8. The summed E-state index contributed by atoms with van der Waals surface area (Å²) >= 11 is 0. The van der Waals surface area contributed by atoms with Crippen molar-refractivity contribution in [2.75, 3.05) is 36.5 Å². The topological polar surface area (TPSA) is 93.9 Å². The van der Waals surface area contributed by atoms with E-state index in [9.17, 15) is 4.79 Å². The summed E-state index contributed by atoms with van der Waals surface area (Å²) in [7, 11) is 0. The fraction of sp³-hybridized carbons (Fsp3) is 0.455. The molecule has 3 rings (SSSR count). The quantitative estimate of drug-likeness (QED) is 0.502. The molecule has 0 aliphatic carbocycles. The number of amides is 1. The molecule has 0 atom stereocenters. The Morgan fingerprint density at radius 2 is 1.81 bits per heavy atom. The molecule has 0 radical (unpaired) electrons. The van der Waals surface area contributed by atoms with Gasteiger partial charge in [0.2, 0.25) is 5.91 Å². The van der Waals surface area contributed by atoms with Crippen LogP contribution in [0.1, 0.15) is 39.9 Å². The first-order valence-corrected chi connectivity index (χ1v) is 10.7. The molecule has 0 aliphatic rings. The highest BCUT2D eigenvalue weighted by atomic mass is 16.5. The number of fused-ring (bicyclic) bond motifs is 1. The van der Waals surface area contributed by atoms with Crippen molar-refractivity contribution in [1.29, 1.82) is 0 Å². The van der Waals surface area contributed by atoms with Gasteiger partial charge in [-0.3, -0.25) is 4.79 Å². The van der Waals surface area contributed by atoms with E-state index in [0.29, 0.717) is 48.3 Å². The first-order valence-electron chi connectivity index (χ1n) is 10.7. The lowest BCUT2D eigenvalue weighted by Crippen LogP contribution is -2.23. The van der Waals surface area contributed by atoms with Crippen molar-refractivity contribution in [3.8, 4) is 11.5 Å². The van der Waals surface area contributed by atoms with Crippen molar-refractivity contribution in [3.63, 3.8) is 0 Å². The van der Waals surface area contributed by atoms with E-state index < -0.39 is 0 Å². The minimum absolute atomic E-state index is 0.147. The molecule has 9 heteroatoms. The minimum atomic E-state index is -0.147. The summed E-state index contributed by atoms with van der Waals surface area (Å²) in [6.07, 6.45) is 0.652. The van der Waals surface area contributed by atoms with Crippen LogP contribution in [0, 0.1) is 0 Å². The number of carbonyl (C=O) groups excluding carboxylic acids is 1. The van der Waals surface area contributed by atoms with Crippen LogP contribution in [-0.4, -0.2) is 52.0 Å². The van der Waals surface area contributed by atoms with Gasteiger partial charge in [0.25, 0.3) is 0 Å². The van der Waals surface area contributed by atoms with E-state index in [4.69, 9.17) is 9.47 Å². The maximum absolute atomic E-state index is 12.6. The van der Waals surface area contributed by atoms with Crippen LogP contribution in [0.2, 0.25) is 0 Å². The number of hydrogen-bond acceptors (Lipinski definition) is 7. The summed E-state index contributed by atoms with van der Waals surface area (Å²) in [5.41, 5.74) is 1.25. The van der Waals surface area contributed by atoms with E-state index >= 15 is 0 Å². The third-order valence-corrected chi connectivity index (χ3v) is 4.81. The first kappa shape index (κ1) is 22.3. The highest BCUT2D eigenvalue weighted by Crippen LogP contribution is 2.29. The molecular weight excluding hydrogens is 396 g/mol. The number of nitrogens with zero attached hydrogens (tertiary/aromatic N) is 5. The smallest absolute Gasteiger partial charge is 0.224 e. The Kier molecular flexibility index (Phi) is 7.64. The molecule has 166 valence electrons. The number of anilines is 2. The van der Waals surface area contributed by atoms with Crippen LogP contribution >= 0.6 is 0 Å². The molecule has 1 amide bonds. The van der Waals surface area contributed by atoms with Crippen LogP contribution in [0.15, 0.2) is 30.3 Å². The molecule has 0 bridgehead atoms. The highest BCUT2D eigenvalue weighted by Gasteiger charge is 2.14. The van der Waals surface area contributed by atoms with E-state index in [-0.39, 0.29) is 12.3 Å². The van der Waals surface area contributed by atoms with E-state index in [2.05, 4.69) is 39.4 Å². The maximum Gasteiger partial charge on any atom is 0.224 e. The standard InChI is InChI=1S/C22H30N6O3/c1-5-27(6-2)21-12-11-19-24-25-20(28(19)26-21)13-14-22(29)23-17-15-16(30-7-3)9-10-18(17)31-8-4/h9-12,15H,5-8,13-14H2,1-4H3,(H,23,29). The van der Waals surface area contributed by atoms with Crippen LogP contribution in [0.5, 0.6) is 11.5 Å². The molecule has 0 saturated heterocycles. The second-order valence-corrected chi connectivity index (χ2v) is 6.82. The number of hydrogen-bond donors (Lipinski definition) is 1. The Hall–Kier alpha value is -3.36. The molecule has 0 unspecified atom stereocenters. The Morgan fingerprint density at radius 1 is 1.03 bits per heavy atom. The maximum atomic E-state index is 12.6. The fourth-order valence-corrected chi connectivity index (χ4v) is 3.28. The lowest BCUT2D eigenvalue weighted by atomic mass is 10.2. The molecule has 2 heterocycles. The van der Waals surface area contributed by atoms with Crippen molar-refractivity contribution in [3.05, 3.63) is 36.2 Å². The van der Waals surface area contributed by atoms with Crippen LogP contribution in [0.25, 0.3) is 5.65 Å². The molecule has 0 fully saturated rings. The molecule has 0 saturated carbocycles. The number of rotatable bonds is 11. The van der Waals surface area contributed by atoms with Crippen molar-refractivity contribution in [2.45, 2.75) is 40.5 Å². The van der Waals surface area contributed by atoms with Gasteiger partial charge in [0.05, 0.1) is 18.9 Å². The van der Waals surface area contributed by atoms with Crippen LogP contribution in [0.3, 0.4) is 0 Å². The van der Waals surface area contributed by atoms with Gasteiger partial charge in [-0.1, -0.05) is 0 Å². The Bertz CT molecular complexity index is 1020. The normalized spacial score (nSPS) is 10.8. The molecule has 0 aliphatic heterocycles. The monoisotopic (exact) mass is 426 g/mol. The van der Waals surface area contributed by atoms with Gasteiger partial charge in [-0.2, -0.15) is 4.52 Å². The zero-order valence-electron chi connectivity index (χ0n) is 18.6. The van der Waals surface area contributed by atoms with Gasteiger partial charge in [-0.25, -0.2) is 0 Å². The Labute approximate surface area is 182 Å². The van der Waals surface area contributed by atoms with Crippen molar-refractivity contribution in [2.24, 2.45) is 0 Å². The van der Waals surface area contributed by atoms with Crippen LogP contribution < -0.4 is 19.7 Å². The number of aryl methyl sites for hydroxylation is 1. The Morgan fingerprint density at radius 3 is 2.52 bits per heavy atom. The van der Waals surface area contributed by atoms with Crippen molar-refractivity contribution >= 4 is 23.1 Å². The van der Waals surface area contributed by atoms with Gasteiger partial charge in [-0.15, -0.1) is 15.3 Å². The SMILES string of the molecule is CCOc1ccc(OCC)c(NC(=O)CCc2nnc3ccc(N(CC)CC)nn23)c1. The minimum Gasteiger partial charge on any atom is -0.494 e. The van der Waals surface area contributed by atoms with Gasteiger partial charge >= 0.3 is 0 Å². The summed E-state index contributed by atoms with van der Waals surface area (Å²) in [6.45, 7) is 10.8. The highest BCUT2D eigenvalue weighted by molar-refractivity contribution is 5.92. The lowest BCUT2D eigenvalue weighted by molar-refractivity contribution is -0.116. The van der Waals surface area contributed by atoms with E-state index in [1.54, 1.807) is 16.6 Å². The summed E-state index contributed by atoms with van der Waals surface area (Å²) in [5, 5.41) is 16.0. The fourth-order valence-electron chi connectivity index (χ4n) is 3.28. The average Bonchev–Trinajstić information content (AvgIpc) is 3.18. The van der Waals surface area contributed by atoms with Crippen molar-refractivity contribution in [1.82, 2.24) is 19.8 Å². The summed E-state index contributed by atoms with van der Waals surface area (Å²) < 4.78 is 12.9. The van der Waals surface area contributed by atoms with Crippen molar-refractivity contribution < 1.29 is 14.3 Å². The van der Waals surface area contributed by atoms with Crippen LogP contribution in [-0.2, 0) is 11.2 Å². The van der Waals surface area contributed by atoms with E-state index in [1.807, 2.05) is 32.0 Å². The zero-order chi connectivity index (χ0) is 22.2. The predicted octanol–water partition coefficient (Wildman–Crippen LogP) is 3.34. The van der Waals surface area contributed by atoms with Gasteiger partial charge in [0.1, 0.15) is 17.3 Å². The molecule has 9 nitrogen and oxygen atoms in total. The number of aromatic nitrogens is 4.